The highest BCUT2D eigenvalue weighted by atomic mass is 32.1. The highest BCUT2D eigenvalue weighted by Gasteiger charge is 2.24. The van der Waals surface area contributed by atoms with E-state index in [4.69, 9.17) is 4.42 Å². The van der Waals surface area contributed by atoms with Crippen molar-refractivity contribution in [2.24, 2.45) is 0 Å². The number of furan rings is 1. The molecule has 0 unspecified atom stereocenters. The van der Waals surface area contributed by atoms with Crippen LogP contribution in [0, 0.1) is 0 Å². The molecule has 8 aromatic carbocycles. The first kappa shape index (κ1) is 29.5. The highest BCUT2D eigenvalue weighted by Crippen LogP contribution is 2.49. The molecule has 2 nitrogen and oxygen atoms in total. The van der Waals surface area contributed by atoms with Gasteiger partial charge in [-0.3, -0.25) is 0 Å². The summed E-state index contributed by atoms with van der Waals surface area (Å²) in [6, 6.07) is 67.4. The van der Waals surface area contributed by atoms with Crippen LogP contribution in [-0.4, -0.2) is 0 Å². The Morgan fingerprint density at radius 3 is 1.65 bits per heavy atom. The second kappa shape index (κ2) is 12.2. The fourth-order valence-electron chi connectivity index (χ4n) is 7.40. The van der Waals surface area contributed by atoms with Gasteiger partial charge in [0, 0.05) is 47.9 Å². The van der Waals surface area contributed by atoms with Gasteiger partial charge in [0.25, 0.3) is 0 Å². The fraction of sp³-hybridized carbons (Fsp3) is 0. The molecule has 0 atom stereocenters. The highest BCUT2D eigenvalue weighted by molar-refractivity contribution is 7.25. The summed E-state index contributed by atoms with van der Waals surface area (Å²) in [4.78, 5) is 2.39. The number of anilines is 3. The van der Waals surface area contributed by atoms with Gasteiger partial charge < -0.3 is 9.32 Å². The molecule has 0 radical (unpaired) electrons. The van der Waals surface area contributed by atoms with Crippen molar-refractivity contribution in [1.82, 2.24) is 0 Å². The van der Waals surface area contributed by atoms with E-state index in [9.17, 15) is 0 Å². The predicted molar refractivity (Wildman–Crippen MR) is 218 cm³/mol. The number of fused-ring (bicyclic) bond motifs is 6. The summed E-state index contributed by atoms with van der Waals surface area (Å²) in [6.45, 7) is 0. The van der Waals surface area contributed by atoms with Gasteiger partial charge in [0.2, 0.25) is 0 Å². The first-order valence-corrected chi connectivity index (χ1v) is 18.1. The molecule has 10 rings (SSSR count). The van der Waals surface area contributed by atoms with E-state index in [0.29, 0.717) is 0 Å². The lowest BCUT2D eigenvalue weighted by molar-refractivity contribution is 0.669. The second-order valence-corrected chi connectivity index (χ2v) is 14.0. The topological polar surface area (TPSA) is 16.4 Å². The van der Waals surface area contributed by atoms with Gasteiger partial charge in [0.15, 0.2) is 5.58 Å². The van der Waals surface area contributed by atoms with Crippen LogP contribution >= 0.6 is 11.3 Å². The maximum absolute atomic E-state index is 6.81. The summed E-state index contributed by atoms with van der Waals surface area (Å²) in [5.74, 6) is 0. The molecule has 0 saturated heterocycles. The predicted octanol–water partition coefficient (Wildman–Crippen LogP) is 14.4. The Morgan fingerprint density at radius 2 is 0.922 bits per heavy atom. The summed E-state index contributed by atoms with van der Waals surface area (Å²) in [5, 5.41) is 4.74. The van der Waals surface area contributed by atoms with Gasteiger partial charge in [-0.15, -0.1) is 11.3 Å². The van der Waals surface area contributed by atoms with Gasteiger partial charge in [-0.05, 0) is 76.3 Å². The number of thiophene rings is 1. The Labute approximate surface area is 300 Å². The van der Waals surface area contributed by atoms with Crippen molar-refractivity contribution in [2.45, 2.75) is 0 Å². The van der Waals surface area contributed by atoms with Crippen LogP contribution < -0.4 is 4.90 Å². The quantitative estimate of drug-likeness (QED) is 0.175. The van der Waals surface area contributed by atoms with E-state index in [1.807, 2.05) is 17.4 Å². The van der Waals surface area contributed by atoms with E-state index in [1.54, 1.807) is 0 Å². The minimum atomic E-state index is 0.869. The number of nitrogens with zero attached hydrogens (tertiary/aromatic N) is 1. The van der Waals surface area contributed by atoms with Crippen LogP contribution in [0.1, 0.15) is 0 Å². The molecule has 0 aliphatic carbocycles. The van der Waals surface area contributed by atoms with Gasteiger partial charge in [-0.2, -0.15) is 0 Å². The van der Waals surface area contributed by atoms with Gasteiger partial charge in [0.1, 0.15) is 5.58 Å². The standard InChI is InChI=1S/C48H31NOS/c1-3-11-32(12-4-1)33-19-21-34(22-20-33)35-23-25-37(26-24-35)49(38-27-30-46-43(31-38)41-16-8-10-18-45(41)51-46)47-39(36-13-5-2-6-14-36)28-29-42-40-15-7-9-17-44(40)50-48(42)47/h1-31H. The minimum Gasteiger partial charge on any atom is -0.454 e. The summed E-state index contributed by atoms with van der Waals surface area (Å²) in [6.07, 6.45) is 0. The lowest BCUT2D eigenvalue weighted by Crippen LogP contribution is -2.11. The van der Waals surface area contributed by atoms with Crippen LogP contribution in [0.15, 0.2) is 192 Å². The van der Waals surface area contributed by atoms with Gasteiger partial charge >= 0.3 is 0 Å². The van der Waals surface area contributed by atoms with Crippen molar-refractivity contribution in [1.29, 1.82) is 0 Å². The van der Waals surface area contributed by atoms with Crippen molar-refractivity contribution >= 4 is 70.5 Å². The first-order chi connectivity index (χ1) is 25.3. The van der Waals surface area contributed by atoms with E-state index in [2.05, 4.69) is 187 Å². The molecule has 0 amide bonds. The monoisotopic (exact) mass is 669 g/mol. The number of benzene rings is 8. The minimum absolute atomic E-state index is 0.869. The number of hydrogen-bond acceptors (Lipinski definition) is 3. The largest absolute Gasteiger partial charge is 0.454 e. The van der Waals surface area contributed by atoms with Crippen molar-refractivity contribution in [3.8, 4) is 33.4 Å². The number of hydrogen-bond donors (Lipinski definition) is 0. The van der Waals surface area contributed by atoms with Crippen molar-refractivity contribution in [3.63, 3.8) is 0 Å². The van der Waals surface area contributed by atoms with Gasteiger partial charge in [-0.1, -0.05) is 140 Å². The first-order valence-electron chi connectivity index (χ1n) is 17.3. The molecule has 51 heavy (non-hydrogen) atoms. The zero-order chi connectivity index (χ0) is 33.7. The number of para-hydroxylation sites is 1. The molecule has 0 N–H and O–H groups in total. The molecule has 0 saturated carbocycles. The SMILES string of the molecule is c1ccc(-c2ccc(-c3ccc(N(c4ccc5sc6ccccc6c5c4)c4c(-c5ccccc5)ccc5c4oc4ccccc45)cc3)cc2)cc1. The Kier molecular flexibility index (Phi) is 7.04. The summed E-state index contributed by atoms with van der Waals surface area (Å²) < 4.78 is 9.39. The summed E-state index contributed by atoms with van der Waals surface area (Å²) >= 11 is 1.84. The van der Waals surface area contributed by atoms with E-state index in [-0.39, 0.29) is 0 Å². The molecule has 0 bridgehead atoms. The average molecular weight is 670 g/mol. The Bertz CT molecular complexity index is 2830. The molecule has 3 heteroatoms. The number of rotatable bonds is 6. The van der Waals surface area contributed by atoms with Crippen LogP contribution in [0.2, 0.25) is 0 Å². The third kappa shape index (κ3) is 5.10. The van der Waals surface area contributed by atoms with Crippen LogP contribution in [0.3, 0.4) is 0 Å². The molecule has 240 valence electrons. The lowest BCUT2D eigenvalue weighted by Gasteiger charge is -2.28. The normalized spacial score (nSPS) is 11.5. The van der Waals surface area contributed by atoms with E-state index in [1.165, 1.54) is 42.4 Å². The van der Waals surface area contributed by atoms with Crippen LogP contribution in [0.4, 0.5) is 17.1 Å². The molecule has 2 heterocycles. The van der Waals surface area contributed by atoms with Gasteiger partial charge in [0.05, 0.1) is 5.69 Å². The van der Waals surface area contributed by atoms with E-state index in [0.717, 1.165) is 50.1 Å². The molecular weight excluding hydrogens is 639 g/mol. The van der Waals surface area contributed by atoms with E-state index >= 15 is 0 Å². The third-order valence-electron chi connectivity index (χ3n) is 9.90. The molecule has 0 aliphatic heterocycles. The molecule has 0 fully saturated rings. The van der Waals surface area contributed by atoms with Crippen LogP contribution in [0.25, 0.3) is 75.5 Å². The average Bonchev–Trinajstić information content (AvgIpc) is 3.78. The van der Waals surface area contributed by atoms with Crippen molar-refractivity contribution in [2.75, 3.05) is 4.90 Å². The zero-order valence-electron chi connectivity index (χ0n) is 27.7. The van der Waals surface area contributed by atoms with Crippen molar-refractivity contribution < 1.29 is 4.42 Å². The Hall–Kier alpha value is -6.42. The molecule has 0 spiro atoms. The van der Waals surface area contributed by atoms with Gasteiger partial charge in [-0.25, -0.2) is 0 Å². The Morgan fingerprint density at radius 1 is 0.373 bits per heavy atom. The van der Waals surface area contributed by atoms with E-state index < -0.39 is 0 Å². The third-order valence-corrected chi connectivity index (χ3v) is 11.1. The van der Waals surface area contributed by atoms with Crippen LogP contribution in [-0.2, 0) is 0 Å². The molecule has 10 aromatic rings. The zero-order valence-corrected chi connectivity index (χ0v) is 28.5. The maximum Gasteiger partial charge on any atom is 0.160 e. The molecule has 2 aromatic heterocycles. The lowest BCUT2D eigenvalue weighted by atomic mass is 9.98. The van der Waals surface area contributed by atoms with Crippen molar-refractivity contribution in [3.05, 3.63) is 188 Å². The maximum atomic E-state index is 6.81. The van der Waals surface area contributed by atoms with Crippen LogP contribution in [0.5, 0.6) is 0 Å². The second-order valence-electron chi connectivity index (χ2n) is 12.9. The molecule has 0 aliphatic rings. The summed E-state index contributed by atoms with van der Waals surface area (Å²) in [5.41, 5.74) is 11.9. The summed E-state index contributed by atoms with van der Waals surface area (Å²) in [7, 11) is 0. The Balaban J connectivity index is 1.19. The molecular formula is C48H31NOS. The fourth-order valence-corrected chi connectivity index (χ4v) is 8.48. The smallest absolute Gasteiger partial charge is 0.160 e.